The minimum atomic E-state index is -0.565. The summed E-state index contributed by atoms with van der Waals surface area (Å²) >= 11 is 0. The third-order valence-electron chi connectivity index (χ3n) is 3.83. The Labute approximate surface area is 142 Å². The van der Waals surface area contributed by atoms with E-state index in [2.05, 4.69) is 26.1 Å². The number of nitrogens with zero attached hydrogens (tertiary/aromatic N) is 1. The second-order valence-electron chi connectivity index (χ2n) is 7.58. The Bertz CT molecular complexity index is 327. The van der Waals surface area contributed by atoms with E-state index in [1.807, 2.05) is 20.8 Å². The zero-order chi connectivity index (χ0) is 18.0. The molecule has 23 heavy (non-hydrogen) atoms. The van der Waals surface area contributed by atoms with Crippen molar-refractivity contribution >= 4 is 6.09 Å². The van der Waals surface area contributed by atoms with E-state index in [0.29, 0.717) is 31.6 Å². The number of aliphatic hydroxyl groups is 1. The molecule has 2 N–H and O–H groups in total. The molecule has 0 bridgehead atoms. The fourth-order valence-electron chi connectivity index (χ4n) is 2.35. The highest BCUT2D eigenvalue weighted by Crippen LogP contribution is 2.12. The summed E-state index contributed by atoms with van der Waals surface area (Å²) in [7, 11) is 0. The van der Waals surface area contributed by atoms with Gasteiger partial charge in [0.15, 0.2) is 0 Å². The summed E-state index contributed by atoms with van der Waals surface area (Å²) in [5, 5.41) is 13.1. The molecule has 5 heteroatoms. The number of carbonyl (C=O) groups is 1. The summed E-state index contributed by atoms with van der Waals surface area (Å²) in [5.74, 6) is 0.701. The van der Waals surface area contributed by atoms with Crippen molar-refractivity contribution in [2.24, 2.45) is 5.92 Å². The molecule has 0 aliphatic carbocycles. The molecule has 0 heterocycles. The molecule has 0 aromatic carbocycles. The van der Waals surface area contributed by atoms with Crippen LogP contribution in [0.3, 0.4) is 0 Å². The molecular weight excluding hydrogens is 292 g/mol. The third kappa shape index (κ3) is 11.4. The van der Waals surface area contributed by atoms with Crippen molar-refractivity contribution in [1.82, 2.24) is 10.2 Å². The maximum atomic E-state index is 12.2. The average Bonchev–Trinajstić information content (AvgIpc) is 2.42. The number of aliphatic hydroxyl groups excluding tert-OH is 1. The van der Waals surface area contributed by atoms with Gasteiger partial charge in [0.05, 0.1) is 6.10 Å². The number of hydrogen-bond donors (Lipinski definition) is 2. The molecule has 3 unspecified atom stereocenters. The summed E-state index contributed by atoms with van der Waals surface area (Å²) in [5.41, 5.74) is -0.524. The molecule has 0 fully saturated rings. The van der Waals surface area contributed by atoms with Crippen LogP contribution in [0, 0.1) is 5.92 Å². The van der Waals surface area contributed by atoms with Crippen molar-refractivity contribution in [3.8, 4) is 0 Å². The van der Waals surface area contributed by atoms with Gasteiger partial charge >= 0.3 is 6.09 Å². The van der Waals surface area contributed by atoms with Crippen LogP contribution in [0.15, 0.2) is 0 Å². The van der Waals surface area contributed by atoms with Crippen molar-refractivity contribution in [3.63, 3.8) is 0 Å². The van der Waals surface area contributed by atoms with Gasteiger partial charge in [0.25, 0.3) is 0 Å². The highest BCUT2D eigenvalue weighted by molar-refractivity contribution is 5.68. The Morgan fingerprint density at radius 1 is 1.22 bits per heavy atom. The van der Waals surface area contributed by atoms with Gasteiger partial charge in [-0.3, -0.25) is 0 Å². The van der Waals surface area contributed by atoms with Crippen LogP contribution in [0.2, 0.25) is 0 Å². The molecule has 0 saturated carbocycles. The number of amides is 1. The Hall–Kier alpha value is -0.810. The van der Waals surface area contributed by atoms with Gasteiger partial charge in [-0.2, -0.15) is 0 Å². The molecule has 0 aromatic heterocycles. The third-order valence-corrected chi connectivity index (χ3v) is 3.83. The SMILES string of the molecule is CCC(C)CC(CC)NCCN(CC(C)O)C(=O)OC(C)(C)C. The summed E-state index contributed by atoms with van der Waals surface area (Å²) in [4.78, 5) is 13.8. The lowest BCUT2D eigenvalue weighted by molar-refractivity contribution is 0.0162. The molecule has 3 atom stereocenters. The van der Waals surface area contributed by atoms with Gasteiger partial charge in [-0.15, -0.1) is 0 Å². The first-order chi connectivity index (χ1) is 10.6. The standard InChI is InChI=1S/C18H38N2O3/c1-8-14(3)12-16(9-2)19-10-11-20(13-15(4)21)17(22)23-18(5,6)7/h14-16,19,21H,8-13H2,1-7H3. The van der Waals surface area contributed by atoms with E-state index in [4.69, 9.17) is 4.74 Å². The Morgan fingerprint density at radius 3 is 2.26 bits per heavy atom. The number of rotatable bonds is 10. The van der Waals surface area contributed by atoms with Crippen LogP contribution in [0.5, 0.6) is 0 Å². The molecule has 0 saturated heterocycles. The lowest BCUT2D eigenvalue weighted by atomic mass is 9.98. The van der Waals surface area contributed by atoms with E-state index in [1.165, 1.54) is 6.42 Å². The van der Waals surface area contributed by atoms with Crippen LogP contribution in [-0.2, 0) is 4.74 Å². The molecule has 0 rings (SSSR count). The van der Waals surface area contributed by atoms with Crippen LogP contribution >= 0.6 is 0 Å². The maximum Gasteiger partial charge on any atom is 0.410 e. The van der Waals surface area contributed by atoms with Gasteiger partial charge in [-0.1, -0.05) is 27.2 Å². The fraction of sp³-hybridized carbons (Fsp3) is 0.944. The lowest BCUT2D eigenvalue weighted by Gasteiger charge is -2.29. The fourth-order valence-corrected chi connectivity index (χ4v) is 2.35. The first-order valence-electron chi connectivity index (χ1n) is 8.98. The average molecular weight is 331 g/mol. The zero-order valence-corrected chi connectivity index (χ0v) is 16.2. The van der Waals surface area contributed by atoms with Gasteiger partial charge in [-0.25, -0.2) is 4.79 Å². The van der Waals surface area contributed by atoms with Crippen LogP contribution < -0.4 is 5.32 Å². The van der Waals surface area contributed by atoms with E-state index < -0.39 is 11.7 Å². The smallest absolute Gasteiger partial charge is 0.410 e. The Morgan fingerprint density at radius 2 is 1.83 bits per heavy atom. The van der Waals surface area contributed by atoms with Crippen LogP contribution in [-0.4, -0.2) is 53.5 Å². The minimum absolute atomic E-state index is 0.290. The van der Waals surface area contributed by atoms with E-state index in [-0.39, 0.29) is 6.09 Å². The molecule has 0 spiro atoms. The predicted molar refractivity (Wildman–Crippen MR) is 95.6 cm³/mol. The van der Waals surface area contributed by atoms with Crippen molar-refractivity contribution in [3.05, 3.63) is 0 Å². The van der Waals surface area contributed by atoms with Crippen LogP contribution in [0.4, 0.5) is 4.79 Å². The van der Waals surface area contributed by atoms with E-state index >= 15 is 0 Å². The molecule has 138 valence electrons. The minimum Gasteiger partial charge on any atom is -0.444 e. The summed E-state index contributed by atoms with van der Waals surface area (Å²) < 4.78 is 5.41. The van der Waals surface area contributed by atoms with Crippen molar-refractivity contribution in [2.45, 2.75) is 85.5 Å². The highest BCUT2D eigenvalue weighted by atomic mass is 16.6. The molecule has 0 aliphatic rings. The molecule has 0 aromatic rings. The van der Waals surface area contributed by atoms with Gasteiger partial charge in [0, 0.05) is 25.7 Å². The first kappa shape index (κ1) is 22.2. The van der Waals surface area contributed by atoms with Crippen molar-refractivity contribution in [1.29, 1.82) is 0 Å². The van der Waals surface area contributed by atoms with Gasteiger partial charge in [0.2, 0.25) is 0 Å². The molecule has 0 aliphatic heterocycles. The number of hydrogen-bond acceptors (Lipinski definition) is 4. The van der Waals surface area contributed by atoms with Crippen LogP contribution in [0.25, 0.3) is 0 Å². The van der Waals surface area contributed by atoms with E-state index in [9.17, 15) is 9.90 Å². The number of carbonyl (C=O) groups excluding carboxylic acids is 1. The maximum absolute atomic E-state index is 12.2. The van der Waals surface area contributed by atoms with Gasteiger partial charge in [0.1, 0.15) is 5.60 Å². The topological polar surface area (TPSA) is 61.8 Å². The summed E-state index contributed by atoms with van der Waals surface area (Å²) in [6, 6.07) is 0.469. The number of ether oxygens (including phenoxy) is 1. The monoisotopic (exact) mass is 330 g/mol. The normalized spacial score (nSPS) is 15.8. The van der Waals surface area contributed by atoms with Gasteiger partial charge < -0.3 is 20.1 Å². The second kappa shape index (κ2) is 10.9. The molecular formula is C18H38N2O3. The molecule has 0 radical (unpaired) electrons. The highest BCUT2D eigenvalue weighted by Gasteiger charge is 2.23. The predicted octanol–water partition coefficient (Wildman–Crippen LogP) is 3.41. The quantitative estimate of drug-likeness (QED) is 0.644. The summed E-state index contributed by atoms with van der Waals surface area (Å²) in [6.07, 6.45) is 2.48. The summed E-state index contributed by atoms with van der Waals surface area (Å²) in [6.45, 7) is 15.4. The van der Waals surface area contributed by atoms with Crippen molar-refractivity contribution in [2.75, 3.05) is 19.6 Å². The Kier molecular flexibility index (Phi) is 10.5. The van der Waals surface area contributed by atoms with Crippen molar-refractivity contribution < 1.29 is 14.6 Å². The van der Waals surface area contributed by atoms with Gasteiger partial charge in [-0.05, 0) is 46.5 Å². The van der Waals surface area contributed by atoms with Crippen LogP contribution in [0.1, 0.15) is 67.7 Å². The molecule has 1 amide bonds. The lowest BCUT2D eigenvalue weighted by Crippen LogP contribution is -2.45. The zero-order valence-electron chi connectivity index (χ0n) is 16.2. The molecule has 5 nitrogen and oxygen atoms in total. The second-order valence-corrected chi connectivity index (χ2v) is 7.58. The number of nitrogens with one attached hydrogen (secondary N) is 1. The largest absolute Gasteiger partial charge is 0.444 e. The Balaban J connectivity index is 4.46. The first-order valence-corrected chi connectivity index (χ1v) is 8.98. The van der Waals surface area contributed by atoms with E-state index in [0.717, 1.165) is 12.8 Å². The van der Waals surface area contributed by atoms with E-state index in [1.54, 1.807) is 11.8 Å².